The summed E-state index contributed by atoms with van der Waals surface area (Å²) in [6.45, 7) is 6.44. The van der Waals surface area contributed by atoms with E-state index in [-0.39, 0.29) is 0 Å². The lowest BCUT2D eigenvalue weighted by Crippen LogP contribution is -2.36. The predicted molar refractivity (Wildman–Crippen MR) is 74.9 cm³/mol. The molecule has 0 spiro atoms. The molecule has 19 heavy (non-hydrogen) atoms. The quantitative estimate of drug-likeness (QED) is 0.857. The Morgan fingerprint density at radius 1 is 1.47 bits per heavy atom. The first-order chi connectivity index (χ1) is 9.29. The first kappa shape index (κ1) is 12.7. The van der Waals surface area contributed by atoms with Crippen LogP contribution in [0.2, 0.25) is 0 Å². The van der Waals surface area contributed by atoms with E-state index in [1.54, 1.807) is 6.33 Å². The number of piperidine rings is 1. The van der Waals surface area contributed by atoms with Crippen LogP contribution < -0.4 is 0 Å². The molecule has 5 nitrogen and oxygen atoms in total. The zero-order valence-corrected chi connectivity index (χ0v) is 12.0. The molecule has 1 saturated heterocycles. The van der Waals surface area contributed by atoms with Gasteiger partial charge in [-0.25, -0.2) is 9.97 Å². The second-order valence-electron chi connectivity index (χ2n) is 5.21. The molecule has 0 unspecified atom stereocenters. The largest absolute Gasteiger partial charge is 0.298 e. The zero-order valence-electron chi connectivity index (χ0n) is 11.2. The maximum absolute atomic E-state index is 4.33. The minimum Gasteiger partial charge on any atom is -0.298 e. The van der Waals surface area contributed by atoms with Crippen molar-refractivity contribution in [2.24, 2.45) is 5.92 Å². The standard InChI is InChI=1S/C13H19N5S/c1-11-15-5-13(19-11)8-17-4-2-3-12(6-17)7-18-10-14-9-16-18/h5,9-10,12H,2-4,6-8H2,1H3/t12-/m1/s1. The SMILES string of the molecule is Cc1ncc(CN2CCC[C@@H](Cn3cncn3)C2)s1. The number of likely N-dealkylation sites (tertiary alicyclic amines) is 1. The van der Waals surface area contributed by atoms with Crippen molar-refractivity contribution in [2.75, 3.05) is 13.1 Å². The Labute approximate surface area is 117 Å². The summed E-state index contributed by atoms with van der Waals surface area (Å²) >= 11 is 1.81. The average Bonchev–Trinajstić information content (AvgIpc) is 3.02. The van der Waals surface area contributed by atoms with Gasteiger partial charge in [0.2, 0.25) is 0 Å². The zero-order chi connectivity index (χ0) is 13.1. The van der Waals surface area contributed by atoms with E-state index in [1.165, 1.54) is 24.3 Å². The molecule has 102 valence electrons. The normalized spacial score (nSPS) is 20.8. The first-order valence-electron chi connectivity index (χ1n) is 6.75. The van der Waals surface area contributed by atoms with Crippen LogP contribution in [0.15, 0.2) is 18.9 Å². The summed E-state index contributed by atoms with van der Waals surface area (Å²) in [5.41, 5.74) is 0. The van der Waals surface area contributed by atoms with Crippen LogP contribution >= 0.6 is 11.3 Å². The van der Waals surface area contributed by atoms with E-state index in [2.05, 4.69) is 26.9 Å². The molecule has 1 aliphatic heterocycles. The van der Waals surface area contributed by atoms with Crippen molar-refractivity contribution in [3.8, 4) is 0 Å². The van der Waals surface area contributed by atoms with Gasteiger partial charge < -0.3 is 0 Å². The molecule has 1 fully saturated rings. The third kappa shape index (κ3) is 3.39. The summed E-state index contributed by atoms with van der Waals surface area (Å²) in [4.78, 5) is 12.3. The number of hydrogen-bond donors (Lipinski definition) is 0. The smallest absolute Gasteiger partial charge is 0.137 e. The molecule has 0 bridgehead atoms. The number of aromatic nitrogens is 4. The molecule has 1 atom stereocenters. The lowest BCUT2D eigenvalue weighted by Gasteiger charge is -2.32. The number of hydrogen-bond acceptors (Lipinski definition) is 5. The fourth-order valence-corrected chi connectivity index (χ4v) is 3.57. The average molecular weight is 277 g/mol. The van der Waals surface area contributed by atoms with Crippen molar-refractivity contribution < 1.29 is 0 Å². The van der Waals surface area contributed by atoms with Crippen LogP contribution in [0.5, 0.6) is 0 Å². The van der Waals surface area contributed by atoms with E-state index >= 15 is 0 Å². The van der Waals surface area contributed by atoms with E-state index in [1.807, 2.05) is 28.5 Å². The Bertz CT molecular complexity index is 507. The van der Waals surface area contributed by atoms with Crippen LogP contribution in [0, 0.1) is 12.8 Å². The highest BCUT2D eigenvalue weighted by atomic mass is 32.1. The number of thiazole rings is 1. The van der Waals surface area contributed by atoms with Crippen molar-refractivity contribution in [1.29, 1.82) is 0 Å². The van der Waals surface area contributed by atoms with Gasteiger partial charge in [0.1, 0.15) is 12.7 Å². The molecule has 3 rings (SSSR count). The van der Waals surface area contributed by atoms with Gasteiger partial charge in [-0.3, -0.25) is 9.58 Å². The Kier molecular flexibility index (Phi) is 3.89. The molecule has 2 aromatic heterocycles. The second-order valence-corrected chi connectivity index (χ2v) is 6.53. The maximum atomic E-state index is 4.33. The molecule has 3 heterocycles. The highest BCUT2D eigenvalue weighted by Gasteiger charge is 2.21. The van der Waals surface area contributed by atoms with Crippen molar-refractivity contribution in [3.05, 3.63) is 28.7 Å². The van der Waals surface area contributed by atoms with Gasteiger partial charge in [0.05, 0.1) is 5.01 Å². The number of nitrogens with zero attached hydrogens (tertiary/aromatic N) is 5. The summed E-state index contributed by atoms with van der Waals surface area (Å²) in [6.07, 6.45) is 8.00. The van der Waals surface area contributed by atoms with Gasteiger partial charge in [-0.2, -0.15) is 5.10 Å². The monoisotopic (exact) mass is 277 g/mol. The van der Waals surface area contributed by atoms with E-state index in [0.717, 1.165) is 24.6 Å². The van der Waals surface area contributed by atoms with Crippen LogP contribution in [0.3, 0.4) is 0 Å². The van der Waals surface area contributed by atoms with E-state index in [4.69, 9.17) is 0 Å². The van der Waals surface area contributed by atoms with Crippen LogP contribution in [0.25, 0.3) is 0 Å². The first-order valence-corrected chi connectivity index (χ1v) is 7.57. The summed E-state index contributed by atoms with van der Waals surface area (Å²) in [5.74, 6) is 0.685. The van der Waals surface area contributed by atoms with Crippen molar-refractivity contribution in [3.63, 3.8) is 0 Å². The third-order valence-electron chi connectivity index (χ3n) is 3.56. The van der Waals surface area contributed by atoms with Gasteiger partial charge in [-0.15, -0.1) is 11.3 Å². The van der Waals surface area contributed by atoms with Crippen molar-refractivity contribution in [2.45, 2.75) is 32.9 Å². The molecule has 1 aliphatic rings. The topological polar surface area (TPSA) is 46.8 Å². The molecular weight excluding hydrogens is 258 g/mol. The number of aryl methyl sites for hydroxylation is 1. The molecule has 2 aromatic rings. The molecule has 0 saturated carbocycles. The van der Waals surface area contributed by atoms with E-state index in [9.17, 15) is 0 Å². The minimum absolute atomic E-state index is 0.685. The summed E-state index contributed by atoms with van der Waals surface area (Å²) in [7, 11) is 0. The molecule has 0 radical (unpaired) electrons. The van der Waals surface area contributed by atoms with Crippen LogP contribution in [-0.2, 0) is 13.1 Å². The molecule has 0 N–H and O–H groups in total. The highest BCUT2D eigenvalue weighted by Crippen LogP contribution is 2.21. The van der Waals surface area contributed by atoms with Crippen LogP contribution in [-0.4, -0.2) is 37.7 Å². The second kappa shape index (κ2) is 5.79. The fourth-order valence-electron chi connectivity index (χ4n) is 2.73. The van der Waals surface area contributed by atoms with E-state index < -0.39 is 0 Å². The lowest BCUT2D eigenvalue weighted by atomic mass is 9.98. The molecule has 0 aromatic carbocycles. The highest BCUT2D eigenvalue weighted by molar-refractivity contribution is 7.11. The summed E-state index contributed by atoms with van der Waals surface area (Å²) in [6, 6.07) is 0. The minimum atomic E-state index is 0.685. The van der Waals surface area contributed by atoms with Gasteiger partial charge >= 0.3 is 0 Å². The third-order valence-corrected chi connectivity index (χ3v) is 4.46. The van der Waals surface area contributed by atoms with Gasteiger partial charge in [-0.1, -0.05) is 0 Å². The molecule has 6 heteroatoms. The Morgan fingerprint density at radius 2 is 2.42 bits per heavy atom. The maximum Gasteiger partial charge on any atom is 0.137 e. The van der Waals surface area contributed by atoms with Crippen molar-refractivity contribution >= 4 is 11.3 Å². The Balaban J connectivity index is 1.55. The summed E-state index contributed by atoms with van der Waals surface area (Å²) < 4.78 is 1.95. The van der Waals surface area contributed by atoms with Gasteiger partial charge in [0.15, 0.2) is 0 Å². The Morgan fingerprint density at radius 3 is 3.16 bits per heavy atom. The molecular formula is C13H19N5S. The number of rotatable bonds is 4. The molecule has 0 amide bonds. The molecule has 0 aliphatic carbocycles. The predicted octanol–water partition coefficient (Wildman–Crippen LogP) is 1.96. The summed E-state index contributed by atoms with van der Waals surface area (Å²) in [5, 5.41) is 5.36. The van der Waals surface area contributed by atoms with Gasteiger partial charge in [-0.05, 0) is 32.2 Å². The van der Waals surface area contributed by atoms with Crippen LogP contribution in [0.4, 0.5) is 0 Å². The van der Waals surface area contributed by atoms with Gasteiger partial charge in [0.25, 0.3) is 0 Å². The van der Waals surface area contributed by atoms with Crippen LogP contribution in [0.1, 0.15) is 22.7 Å². The van der Waals surface area contributed by atoms with Crippen molar-refractivity contribution in [1.82, 2.24) is 24.6 Å². The van der Waals surface area contributed by atoms with E-state index in [0.29, 0.717) is 5.92 Å². The lowest BCUT2D eigenvalue weighted by molar-refractivity contribution is 0.154. The Hall–Kier alpha value is -1.27. The van der Waals surface area contributed by atoms with Gasteiger partial charge in [0, 0.05) is 30.7 Å². The fraction of sp³-hybridized carbons (Fsp3) is 0.615.